The zero-order valence-corrected chi connectivity index (χ0v) is 11.6. The van der Waals surface area contributed by atoms with Crippen molar-refractivity contribution < 1.29 is 18.7 Å². The lowest BCUT2D eigenvalue weighted by Gasteiger charge is -2.06. The Hall–Kier alpha value is -1.33. The lowest BCUT2D eigenvalue weighted by Crippen LogP contribution is -2.16. The molecule has 4 nitrogen and oxygen atoms in total. The van der Waals surface area contributed by atoms with E-state index in [9.17, 15) is 9.18 Å². The molecule has 0 saturated carbocycles. The molecule has 0 aromatic heterocycles. The van der Waals surface area contributed by atoms with E-state index in [0.29, 0.717) is 12.3 Å². The summed E-state index contributed by atoms with van der Waals surface area (Å²) >= 11 is 1.91. The highest BCUT2D eigenvalue weighted by molar-refractivity contribution is 14.1. The summed E-state index contributed by atoms with van der Waals surface area (Å²) in [5.41, 5.74) is 0.470. The van der Waals surface area contributed by atoms with Gasteiger partial charge in [-0.15, -0.1) is 0 Å². The first kappa shape index (κ1) is 14.7. The molecule has 0 spiro atoms. The van der Waals surface area contributed by atoms with Crippen LogP contribution < -0.4 is 5.32 Å². The Kier molecular flexibility index (Phi) is 7.13. The molecule has 6 heteroatoms. The quantitative estimate of drug-likeness (QED) is 0.497. The first-order valence-corrected chi connectivity index (χ1v) is 6.16. The molecule has 1 N–H and O–H groups in total. The summed E-state index contributed by atoms with van der Waals surface area (Å²) in [5, 5.41) is 2.46. The maximum Gasteiger partial charge on any atom is 0.411 e. The van der Waals surface area contributed by atoms with Gasteiger partial charge in [-0.3, -0.25) is 5.32 Å². The van der Waals surface area contributed by atoms with Gasteiger partial charge < -0.3 is 9.47 Å². The van der Waals surface area contributed by atoms with E-state index < -0.39 is 6.09 Å². The van der Waals surface area contributed by atoms with Gasteiger partial charge in [-0.05, 0) is 28.2 Å². The smallest absolute Gasteiger partial charge is 0.411 e. The van der Waals surface area contributed by atoms with Crippen LogP contribution in [0.1, 0.15) is 0 Å². The number of benzene rings is 1. The topological polar surface area (TPSA) is 47.6 Å². The van der Waals surface area contributed by atoms with Crippen molar-refractivity contribution >= 4 is 34.4 Å². The lowest BCUT2D eigenvalue weighted by atomic mass is 10.3. The second kappa shape index (κ2) is 8.72. The third kappa shape index (κ3) is 6.42. The highest BCUT2D eigenvalue weighted by Crippen LogP contribution is 2.08. The Morgan fingerprint density at radius 1 is 1.33 bits per heavy atom. The minimum Gasteiger partial charge on any atom is -0.447 e. The third-order valence-corrected chi connectivity index (χ3v) is 2.17. The molecule has 0 unspecified atom stereocenters. The molecule has 0 fully saturated rings. The molecule has 0 heterocycles. The van der Waals surface area contributed by atoms with Crippen LogP contribution in [0.4, 0.5) is 14.9 Å². The van der Waals surface area contributed by atoms with Crippen LogP contribution in [0.5, 0.6) is 0 Å². The molecule has 0 aliphatic heterocycles. The van der Waals surface area contributed by atoms with Crippen molar-refractivity contribution in [1.82, 2.24) is 0 Å². The number of hydrogen-bond acceptors (Lipinski definition) is 3. The molecule has 1 rings (SSSR count). The van der Waals surface area contributed by atoms with E-state index in [4.69, 9.17) is 9.47 Å². The summed E-state index contributed by atoms with van der Waals surface area (Å²) in [6.45, 7) is 0.726. The summed E-state index contributed by atoms with van der Waals surface area (Å²) in [5.74, 6) is 2.34. The van der Waals surface area contributed by atoms with Crippen molar-refractivity contribution in [2.75, 3.05) is 25.1 Å². The highest BCUT2D eigenvalue weighted by Gasteiger charge is 2.02. The Bertz CT molecular complexity index is 439. The number of nitrogens with one attached hydrogen (secondary N) is 1. The van der Waals surface area contributed by atoms with Gasteiger partial charge >= 0.3 is 6.09 Å². The predicted molar refractivity (Wildman–Crippen MR) is 74.0 cm³/mol. The number of carbonyl (C=O) groups excluding carboxylic acids is 1. The van der Waals surface area contributed by atoms with Crippen molar-refractivity contribution in [3.8, 4) is 9.85 Å². The number of anilines is 1. The summed E-state index contributed by atoms with van der Waals surface area (Å²) in [6, 6.07) is 5.40. The number of ether oxygens (including phenoxy) is 2. The second-order valence-corrected chi connectivity index (χ2v) is 3.63. The lowest BCUT2D eigenvalue weighted by molar-refractivity contribution is 0.0943. The fraction of sp³-hybridized carbons (Fsp3) is 0.250. The van der Waals surface area contributed by atoms with Crippen LogP contribution in [-0.2, 0) is 9.47 Å². The highest BCUT2D eigenvalue weighted by atomic mass is 127. The normalized spacial score (nSPS) is 9.22. The molecule has 0 saturated heterocycles. The second-order valence-electron chi connectivity index (χ2n) is 3.09. The van der Waals surface area contributed by atoms with Crippen LogP contribution in [0.25, 0.3) is 0 Å². The van der Waals surface area contributed by atoms with E-state index in [-0.39, 0.29) is 19.0 Å². The van der Waals surface area contributed by atoms with Gasteiger partial charge in [-0.1, -0.05) is 5.92 Å². The van der Waals surface area contributed by atoms with Gasteiger partial charge in [0.05, 0.1) is 6.61 Å². The van der Waals surface area contributed by atoms with Gasteiger partial charge in [0.2, 0.25) is 0 Å². The van der Waals surface area contributed by atoms with Gasteiger partial charge in [-0.25, -0.2) is 9.18 Å². The average Bonchev–Trinajstić information content (AvgIpc) is 2.36. The number of hydrogen-bond donors (Lipinski definition) is 1. The molecule has 1 aromatic carbocycles. The molecule has 0 aliphatic carbocycles. The van der Waals surface area contributed by atoms with Crippen LogP contribution in [0.3, 0.4) is 0 Å². The minimum atomic E-state index is -0.606. The molecule has 0 radical (unpaired) electrons. The van der Waals surface area contributed by atoms with E-state index in [0.717, 1.165) is 0 Å². The zero-order chi connectivity index (χ0) is 13.2. The van der Waals surface area contributed by atoms with Gasteiger partial charge in [0.15, 0.2) is 0 Å². The van der Waals surface area contributed by atoms with Crippen molar-refractivity contribution in [3.05, 3.63) is 30.1 Å². The van der Waals surface area contributed by atoms with Gasteiger partial charge in [0.25, 0.3) is 0 Å². The van der Waals surface area contributed by atoms with Crippen LogP contribution in [0.15, 0.2) is 24.3 Å². The van der Waals surface area contributed by atoms with E-state index in [1.807, 2.05) is 22.6 Å². The van der Waals surface area contributed by atoms with Gasteiger partial charge in [-0.2, -0.15) is 0 Å². The van der Waals surface area contributed by atoms with E-state index in [1.165, 1.54) is 24.3 Å². The average molecular weight is 363 g/mol. The van der Waals surface area contributed by atoms with Crippen molar-refractivity contribution in [1.29, 1.82) is 0 Å². The van der Waals surface area contributed by atoms with E-state index in [2.05, 4.69) is 15.2 Å². The SMILES string of the molecule is O=C(Nc1ccc(F)cc1)OCCOCC#CI. The first-order valence-electron chi connectivity index (χ1n) is 5.08. The van der Waals surface area contributed by atoms with E-state index in [1.54, 1.807) is 0 Å². The fourth-order valence-corrected chi connectivity index (χ4v) is 1.19. The van der Waals surface area contributed by atoms with Crippen molar-refractivity contribution in [2.45, 2.75) is 0 Å². The monoisotopic (exact) mass is 363 g/mol. The molecular formula is C12H11FINO3. The van der Waals surface area contributed by atoms with Crippen LogP contribution in [0, 0.1) is 15.7 Å². The molecule has 1 aromatic rings. The molecule has 0 atom stereocenters. The standard InChI is InChI=1S/C12H11FINO3/c13-10-2-4-11(5-3-10)15-12(16)18-9-8-17-7-1-6-14/h2-5H,7-9H2,(H,15,16). The van der Waals surface area contributed by atoms with Crippen LogP contribution in [0.2, 0.25) is 0 Å². The van der Waals surface area contributed by atoms with Gasteiger partial charge in [0, 0.05) is 28.3 Å². The summed E-state index contributed by atoms with van der Waals surface area (Å²) in [7, 11) is 0. The number of amides is 1. The van der Waals surface area contributed by atoms with Crippen LogP contribution in [-0.4, -0.2) is 25.9 Å². The first-order chi connectivity index (χ1) is 8.72. The predicted octanol–water partition coefficient (Wildman–Crippen LogP) is 2.79. The minimum absolute atomic E-state index is 0.135. The Morgan fingerprint density at radius 2 is 2.06 bits per heavy atom. The molecule has 1 amide bonds. The number of rotatable bonds is 5. The number of carbonyl (C=O) groups is 1. The van der Waals surface area contributed by atoms with Crippen LogP contribution >= 0.6 is 22.6 Å². The Balaban J connectivity index is 2.17. The van der Waals surface area contributed by atoms with Crippen molar-refractivity contribution in [2.24, 2.45) is 0 Å². The fourth-order valence-electron chi connectivity index (χ4n) is 1.03. The maximum atomic E-state index is 12.6. The Morgan fingerprint density at radius 3 is 2.72 bits per heavy atom. The zero-order valence-electron chi connectivity index (χ0n) is 9.41. The maximum absolute atomic E-state index is 12.6. The molecule has 18 heavy (non-hydrogen) atoms. The van der Waals surface area contributed by atoms with Gasteiger partial charge in [0.1, 0.15) is 19.0 Å². The summed E-state index contributed by atoms with van der Waals surface area (Å²) < 4.78 is 25.1. The van der Waals surface area contributed by atoms with Crippen molar-refractivity contribution in [3.63, 3.8) is 0 Å². The molecule has 0 aliphatic rings. The largest absolute Gasteiger partial charge is 0.447 e. The summed E-state index contributed by atoms with van der Waals surface area (Å²) in [6.07, 6.45) is -0.606. The Labute approximate surface area is 118 Å². The summed E-state index contributed by atoms with van der Waals surface area (Å²) in [4.78, 5) is 11.3. The molecule has 96 valence electrons. The van der Waals surface area contributed by atoms with E-state index >= 15 is 0 Å². The number of halogens is 2. The molecule has 0 bridgehead atoms. The molecular weight excluding hydrogens is 352 g/mol. The third-order valence-electron chi connectivity index (χ3n) is 1.79.